The van der Waals surface area contributed by atoms with E-state index in [1.807, 2.05) is 0 Å². The number of piperazine rings is 1. The van der Waals surface area contributed by atoms with Crippen molar-refractivity contribution >= 4 is 5.96 Å². The number of fused-ring (bicyclic) bond motifs is 2. The number of hydrogen-bond donors (Lipinski definition) is 1. The molecular weight excluding hydrogens is 345 g/mol. The van der Waals surface area contributed by atoms with Crippen LogP contribution in [-0.2, 0) is 4.74 Å². The molecule has 4 aliphatic rings. The van der Waals surface area contributed by atoms with E-state index in [0.717, 1.165) is 19.0 Å². The number of nitrogens with zero attached hydrogens (tertiary/aromatic N) is 3. The first-order valence-corrected chi connectivity index (χ1v) is 9.77. The van der Waals surface area contributed by atoms with E-state index in [4.69, 9.17) is 4.74 Å². The topological polar surface area (TPSA) is 40.1 Å². The van der Waals surface area contributed by atoms with E-state index in [2.05, 4.69) is 15.2 Å². The summed E-state index contributed by atoms with van der Waals surface area (Å²) in [5.74, 6) is 1.39. The van der Waals surface area contributed by atoms with Gasteiger partial charge in [0.05, 0.1) is 6.10 Å². The van der Waals surface area contributed by atoms with E-state index >= 15 is 0 Å². The maximum Gasteiger partial charge on any atom is 0.403 e. The normalized spacial score (nSPS) is 35.7. The van der Waals surface area contributed by atoms with Crippen LogP contribution in [0.1, 0.15) is 32.6 Å². The summed E-state index contributed by atoms with van der Waals surface area (Å²) in [5, 5.41) is 3.67. The first-order valence-electron chi connectivity index (χ1n) is 9.77. The van der Waals surface area contributed by atoms with Crippen molar-refractivity contribution in [3.8, 4) is 0 Å². The largest absolute Gasteiger partial charge is 0.403 e. The Labute approximate surface area is 152 Å². The molecule has 0 amide bonds. The molecule has 0 aromatic heterocycles. The Hall–Kier alpha value is -1.02. The predicted molar refractivity (Wildman–Crippen MR) is 93.1 cm³/mol. The number of hydrogen-bond acceptors (Lipinski definition) is 3. The van der Waals surface area contributed by atoms with Crippen molar-refractivity contribution in [3.63, 3.8) is 0 Å². The fourth-order valence-electron chi connectivity index (χ4n) is 5.42. The number of nitrogens with one attached hydrogen (secondary N) is 1. The Balaban J connectivity index is 1.36. The molecule has 0 bridgehead atoms. The fraction of sp³-hybridized carbons (Fsp3) is 0.944. The van der Waals surface area contributed by atoms with Crippen molar-refractivity contribution in [2.45, 2.75) is 57.0 Å². The summed E-state index contributed by atoms with van der Waals surface area (Å²) in [5.41, 5.74) is 0.268. The zero-order chi connectivity index (χ0) is 18.5. The van der Waals surface area contributed by atoms with Crippen molar-refractivity contribution in [1.82, 2.24) is 15.1 Å². The molecule has 1 N–H and O–H groups in total. The van der Waals surface area contributed by atoms with Crippen molar-refractivity contribution in [3.05, 3.63) is 0 Å². The number of rotatable bonds is 2. The van der Waals surface area contributed by atoms with Gasteiger partial charge in [0.1, 0.15) is 6.04 Å². The Kier molecular flexibility index (Phi) is 4.62. The van der Waals surface area contributed by atoms with Crippen LogP contribution in [0.4, 0.5) is 13.2 Å². The van der Waals surface area contributed by atoms with Gasteiger partial charge in [-0.3, -0.25) is 9.89 Å². The summed E-state index contributed by atoms with van der Waals surface area (Å²) >= 11 is 0. The highest BCUT2D eigenvalue weighted by atomic mass is 19.4. The van der Waals surface area contributed by atoms with E-state index in [-0.39, 0.29) is 5.41 Å². The molecule has 2 heterocycles. The maximum atomic E-state index is 12.9. The molecular formula is C18H29F3N4O. The number of alkyl halides is 3. The number of aliphatic imine (C=N–C) groups is 1. The lowest BCUT2D eigenvalue weighted by molar-refractivity contribution is -0.181. The molecule has 1 spiro atoms. The molecule has 2 saturated heterocycles. The van der Waals surface area contributed by atoms with Crippen molar-refractivity contribution in [1.29, 1.82) is 0 Å². The lowest BCUT2D eigenvalue weighted by Crippen LogP contribution is -2.73. The van der Waals surface area contributed by atoms with Gasteiger partial charge >= 0.3 is 6.18 Å². The molecule has 0 aromatic carbocycles. The monoisotopic (exact) mass is 374 g/mol. The lowest BCUT2D eigenvalue weighted by Gasteiger charge is -2.63. The summed E-state index contributed by atoms with van der Waals surface area (Å²) in [6.07, 6.45) is 1.01. The standard InChI is InChI=1S/C18H29F3N4O/c1-12(18(19,20)21)24-7-9-25(10-8-24)16(22-2)23-14-13-4-11-26-15(13)17(14)5-3-6-17/h12-15H,3-11H2,1-2H3,(H,22,23). The smallest absolute Gasteiger partial charge is 0.377 e. The highest BCUT2D eigenvalue weighted by molar-refractivity contribution is 5.80. The Morgan fingerprint density at radius 1 is 1.23 bits per heavy atom. The number of halogens is 3. The number of guanidine groups is 1. The molecule has 8 heteroatoms. The van der Waals surface area contributed by atoms with Crippen LogP contribution < -0.4 is 5.32 Å². The van der Waals surface area contributed by atoms with Gasteiger partial charge in [0.2, 0.25) is 0 Å². The van der Waals surface area contributed by atoms with Crippen LogP contribution in [0.25, 0.3) is 0 Å². The minimum atomic E-state index is -4.16. The minimum absolute atomic E-state index is 0.268. The van der Waals surface area contributed by atoms with Crippen molar-refractivity contribution in [2.75, 3.05) is 39.8 Å². The number of ether oxygens (including phenoxy) is 1. The van der Waals surface area contributed by atoms with Crippen LogP contribution in [-0.4, -0.2) is 80.0 Å². The Bertz CT molecular complexity index is 555. The lowest BCUT2D eigenvalue weighted by atomic mass is 9.46. The van der Waals surface area contributed by atoms with E-state index < -0.39 is 12.2 Å². The van der Waals surface area contributed by atoms with Gasteiger partial charge < -0.3 is 15.0 Å². The zero-order valence-electron chi connectivity index (χ0n) is 15.6. The maximum absolute atomic E-state index is 12.9. The first-order chi connectivity index (χ1) is 12.4. The second-order valence-corrected chi connectivity index (χ2v) is 8.24. The molecule has 26 heavy (non-hydrogen) atoms. The second-order valence-electron chi connectivity index (χ2n) is 8.24. The SMILES string of the molecule is CN=C(NC1C2CCOC2C12CCC2)N1CCN(C(C)C(F)(F)F)CC1. The fourth-order valence-corrected chi connectivity index (χ4v) is 5.42. The molecule has 4 fully saturated rings. The summed E-state index contributed by atoms with van der Waals surface area (Å²) in [4.78, 5) is 8.06. The predicted octanol–water partition coefficient (Wildman–Crippen LogP) is 2.09. The van der Waals surface area contributed by atoms with Gasteiger partial charge in [0.15, 0.2) is 5.96 Å². The van der Waals surface area contributed by atoms with Crippen LogP contribution in [0.15, 0.2) is 4.99 Å². The van der Waals surface area contributed by atoms with E-state index in [9.17, 15) is 13.2 Å². The van der Waals surface area contributed by atoms with Gasteiger partial charge in [-0.25, -0.2) is 0 Å². The highest BCUT2D eigenvalue weighted by Crippen LogP contribution is 2.62. The average molecular weight is 374 g/mol. The van der Waals surface area contributed by atoms with Crippen LogP contribution in [0.2, 0.25) is 0 Å². The van der Waals surface area contributed by atoms with Crippen LogP contribution in [0.3, 0.4) is 0 Å². The molecule has 4 rings (SSSR count). The second kappa shape index (κ2) is 6.55. The summed E-state index contributed by atoms with van der Waals surface area (Å²) in [6, 6.07) is -0.990. The summed E-state index contributed by atoms with van der Waals surface area (Å²) < 4.78 is 44.8. The van der Waals surface area contributed by atoms with Crippen LogP contribution in [0.5, 0.6) is 0 Å². The van der Waals surface area contributed by atoms with E-state index in [1.54, 1.807) is 7.05 Å². The van der Waals surface area contributed by atoms with Gasteiger partial charge in [0.25, 0.3) is 0 Å². The van der Waals surface area contributed by atoms with Gasteiger partial charge in [0, 0.05) is 57.2 Å². The van der Waals surface area contributed by atoms with E-state index in [1.165, 1.54) is 31.1 Å². The van der Waals surface area contributed by atoms with Gasteiger partial charge in [-0.05, 0) is 26.2 Å². The zero-order valence-corrected chi connectivity index (χ0v) is 15.6. The molecule has 2 aliphatic carbocycles. The Morgan fingerprint density at radius 2 is 1.92 bits per heavy atom. The molecule has 2 aliphatic heterocycles. The first kappa shape index (κ1) is 18.3. The minimum Gasteiger partial charge on any atom is -0.377 e. The molecule has 0 radical (unpaired) electrons. The van der Waals surface area contributed by atoms with Gasteiger partial charge in [-0.1, -0.05) is 6.42 Å². The third-order valence-electron chi connectivity index (χ3n) is 7.17. The van der Waals surface area contributed by atoms with E-state index in [0.29, 0.717) is 44.2 Å². The van der Waals surface area contributed by atoms with Crippen LogP contribution in [0, 0.1) is 11.3 Å². The molecule has 4 atom stereocenters. The quantitative estimate of drug-likeness (QED) is 0.594. The molecule has 2 saturated carbocycles. The molecule has 148 valence electrons. The average Bonchev–Trinajstić information content (AvgIpc) is 2.98. The van der Waals surface area contributed by atoms with Crippen LogP contribution >= 0.6 is 0 Å². The summed E-state index contributed by atoms with van der Waals surface area (Å²) in [6.45, 7) is 4.06. The third kappa shape index (κ3) is 2.80. The van der Waals surface area contributed by atoms with Gasteiger partial charge in [-0.2, -0.15) is 13.2 Å². The highest BCUT2D eigenvalue weighted by Gasteiger charge is 2.66. The Morgan fingerprint density at radius 3 is 2.46 bits per heavy atom. The molecule has 4 unspecified atom stereocenters. The summed E-state index contributed by atoms with van der Waals surface area (Å²) in [7, 11) is 1.77. The van der Waals surface area contributed by atoms with Crippen molar-refractivity contribution < 1.29 is 17.9 Å². The molecule has 0 aromatic rings. The van der Waals surface area contributed by atoms with Crippen molar-refractivity contribution in [2.24, 2.45) is 16.3 Å². The molecule has 5 nitrogen and oxygen atoms in total. The third-order valence-corrected chi connectivity index (χ3v) is 7.17. The van der Waals surface area contributed by atoms with Gasteiger partial charge in [-0.15, -0.1) is 0 Å².